The molecule has 0 aromatic rings. The van der Waals surface area contributed by atoms with E-state index in [1.807, 2.05) is 0 Å². The van der Waals surface area contributed by atoms with Crippen LogP contribution in [-0.2, 0) is 19.2 Å². The average Bonchev–Trinajstić information content (AvgIpc) is 2.58. The summed E-state index contributed by atoms with van der Waals surface area (Å²) < 4.78 is 0. The molecule has 0 spiro atoms. The van der Waals surface area contributed by atoms with Crippen molar-refractivity contribution in [3.63, 3.8) is 0 Å². The minimum atomic E-state index is -1.58. The summed E-state index contributed by atoms with van der Waals surface area (Å²) >= 11 is 0. The topological polar surface area (TPSA) is 243 Å². The second-order valence-corrected chi connectivity index (χ2v) is 6.11. The van der Waals surface area contributed by atoms with Crippen LogP contribution in [0.3, 0.4) is 0 Å². The van der Waals surface area contributed by atoms with E-state index in [-0.39, 0.29) is 38.2 Å². The number of aliphatic carboxylic acids is 2. The highest BCUT2D eigenvalue weighted by atomic mass is 16.4. The van der Waals surface area contributed by atoms with Gasteiger partial charge in [-0.2, -0.15) is 0 Å². The maximum atomic E-state index is 12.4. The van der Waals surface area contributed by atoms with Crippen molar-refractivity contribution in [2.45, 2.75) is 56.8 Å². The molecule has 13 heteroatoms. The molecule has 13 nitrogen and oxygen atoms in total. The third-order valence-corrected chi connectivity index (χ3v) is 3.63. The molecular formula is C15H28N6O7. The van der Waals surface area contributed by atoms with Gasteiger partial charge >= 0.3 is 11.9 Å². The molecule has 0 rings (SSSR count). The highest BCUT2D eigenvalue weighted by molar-refractivity contribution is 5.92. The van der Waals surface area contributed by atoms with Crippen LogP contribution in [0.4, 0.5) is 0 Å². The van der Waals surface area contributed by atoms with Gasteiger partial charge in [-0.05, 0) is 26.2 Å². The number of guanidine groups is 1. The number of rotatable bonds is 13. The summed E-state index contributed by atoms with van der Waals surface area (Å²) in [5.74, 6) is -4.35. The van der Waals surface area contributed by atoms with Gasteiger partial charge in [0.1, 0.15) is 6.04 Å². The largest absolute Gasteiger partial charge is 0.481 e. The van der Waals surface area contributed by atoms with Gasteiger partial charge in [-0.25, -0.2) is 4.79 Å². The Morgan fingerprint density at radius 1 is 1.04 bits per heavy atom. The Hall–Kier alpha value is -2.93. The summed E-state index contributed by atoms with van der Waals surface area (Å²) in [5, 5.41) is 31.7. The van der Waals surface area contributed by atoms with Gasteiger partial charge < -0.3 is 43.2 Å². The molecule has 0 heterocycles. The van der Waals surface area contributed by atoms with Gasteiger partial charge in [0.25, 0.3) is 0 Å². The van der Waals surface area contributed by atoms with E-state index >= 15 is 0 Å². The van der Waals surface area contributed by atoms with Crippen LogP contribution in [0.15, 0.2) is 4.99 Å². The summed E-state index contributed by atoms with van der Waals surface area (Å²) in [6.07, 6.45) is -1.54. The monoisotopic (exact) mass is 404 g/mol. The Kier molecular flexibility index (Phi) is 11.2. The Labute approximate surface area is 161 Å². The van der Waals surface area contributed by atoms with Crippen molar-refractivity contribution in [2.24, 2.45) is 22.2 Å². The molecule has 0 radical (unpaired) electrons. The Bertz CT molecular complexity index is 591. The van der Waals surface area contributed by atoms with E-state index in [0.29, 0.717) is 0 Å². The van der Waals surface area contributed by atoms with Crippen molar-refractivity contribution in [1.29, 1.82) is 0 Å². The van der Waals surface area contributed by atoms with Crippen molar-refractivity contribution in [2.75, 3.05) is 6.54 Å². The molecule has 0 aliphatic carbocycles. The first-order chi connectivity index (χ1) is 13.0. The zero-order valence-corrected chi connectivity index (χ0v) is 15.5. The number of hydrogen-bond donors (Lipinski definition) is 8. The van der Waals surface area contributed by atoms with Gasteiger partial charge in [0, 0.05) is 13.0 Å². The molecule has 0 bridgehead atoms. The number of carboxylic acid groups (broad SMARTS) is 2. The molecular weight excluding hydrogens is 376 g/mol. The number of nitrogens with zero attached hydrogens (tertiary/aromatic N) is 1. The van der Waals surface area contributed by atoms with Gasteiger partial charge in [-0.3, -0.25) is 19.4 Å². The number of amides is 2. The normalized spacial score (nSPS) is 14.8. The molecule has 11 N–H and O–H groups in total. The number of carbonyl (C=O) groups excluding carboxylic acids is 2. The highest BCUT2D eigenvalue weighted by Gasteiger charge is 2.30. The Balaban J connectivity index is 5.09. The first-order valence-corrected chi connectivity index (χ1v) is 8.50. The molecule has 0 aromatic carbocycles. The lowest BCUT2D eigenvalue weighted by Crippen LogP contribution is -2.56. The molecule has 0 saturated carbocycles. The summed E-state index contributed by atoms with van der Waals surface area (Å²) in [5.41, 5.74) is 16.0. The summed E-state index contributed by atoms with van der Waals surface area (Å²) in [4.78, 5) is 50.0. The number of aliphatic imine (C=N–C) groups is 1. The van der Waals surface area contributed by atoms with Crippen molar-refractivity contribution < 1.29 is 34.5 Å². The lowest BCUT2D eigenvalue weighted by atomic mass is 10.1. The second-order valence-electron chi connectivity index (χ2n) is 6.11. The van der Waals surface area contributed by atoms with Crippen molar-refractivity contribution in [3.8, 4) is 0 Å². The molecule has 0 aliphatic rings. The van der Waals surface area contributed by atoms with E-state index in [4.69, 9.17) is 27.4 Å². The molecule has 2 amide bonds. The fraction of sp³-hybridized carbons (Fsp3) is 0.667. The molecule has 160 valence electrons. The van der Waals surface area contributed by atoms with Crippen LogP contribution in [0.25, 0.3) is 0 Å². The summed E-state index contributed by atoms with van der Waals surface area (Å²) in [6.45, 7) is 1.35. The van der Waals surface area contributed by atoms with Gasteiger partial charge in [0.2, 0.25) is 11.8 Å². The van der Waals surface area contributed by atoms with Crippen LogP contribution in [0.1, 0.15) is 32.6 Å². The van der Waals surface area contributed by atoms with E-state index in [0.717, 1.165) is 0 Å². The first-order valence-electron chi connectivity index (χ1n) is 8.50. The molecule has 28 heavy (non-hydrogen) atoms. The first kappa shape index (κ1) is 25.1. The van der Waals surface area contributed by atoms with Gasteiger partial charge in [0.05, 0.1) is 12.1 Å². The van der Waals surface area contributed by atoms with Crippen LogP contribution in [0.2, 0.25) is 0 Å². The van der Waals surface area contributed by atoms with E-state index < -0.39 is 48.0 Å². The fourth-order valence-electron chi connectivity index (χ4n) is 2.10. The van der Waals surface area contributed by atoms with Crippen LogP contribution in [-0.4, -0.2) is 75.8 Å². The SMILES string of the molecule is CC(O)C(NC(=O)C(CCCN=C(N)N)NC(=O)C(N)CCC(=O)O)C(=O)O. The van der Waals surface area contributed by atoms with Crippen molar-refractivity contribution in [3.05, 3.63) is 0 Å². The third-order valence-electron chi connectivity index (χ3n) is 3.63. The quantitative estimate of drug-likeness (QED) is 0.0861. The van der Waals surface area contributed by atoms with E-state index in [9.17, 15) is 24.3 Å². The Morgan fingerprint density at radius 3 is 2.11 bits per heavy atom. The van der Waals surface area contributed by atoms with Crippen LogP contribution in [0, 0.1) is 0 Å². The lowest BCUT2D eigenvalue weighted by molar-refractivity contribution is -0.145. The number of nitrogens with two attached hydrogens (primary N) is 3. The lowest BCUT2D eigenvalue weighted by Gasteiger charge is -2.23. The number of carbonyl (C=O) groups is 4. The van der Waals surface area contributed by atoms with E-state index in [1.165, 1.54) is 6.92 Å². The minimum absolute atomic E-state index is 0.0478. The molecule has 0 aromatic heterocycles. The Morgan fingerprint density at radius 2 is 1.64 bits per heavy atom. The fourth-order valence-corrected chi connectivity index (χ4v) is 2.10. The molecule has 0 fully saturated rings. The predicted molar refractivity (Wildman–Crippen MR) is 97.9 cm³/mol. The van der Waals surface area contributed by atoms with E-state index in [1.54, 1.807) is 0 Å². The third kappa shape index (κ3) is 10.3. The zero-order valence-electron chi connectivity index (χ0n) is 15.5. The van der Waals surface area contributed by atoms with Gasteiger partial charge in [-0.1, -0.05) is 0 Å². The number of nitrogens with one attached hydrogen (secondary N) is 2. The zero-order chi connectivity index (χ0) is 21.9. The molecule has 4 atom stereocenters. The average molecular weight is 404 g/mol. The summed E-state index contributed by atoms with van der Waals surface area (Å²) in [7, 11) is 0. The van der Waals surface area contributed by atoms with Gasteiger partial charge in [-0.15, -0.1) is 0 Å². The van der Waals surface area contributed by atoms with Crippen LogP contribution in [0.5, 0.6) is 0 Å². The summed E-state index contributed by atoms with van der Waals surface area (Å²) in [6, 6.07) is -3.93. The highest BCUT2D eigenvalue weighted by Crippen LogP contribution is 2.03. The molecule has 0 aliphatic heterocycles. The van der Waals surface area contributed by atoms with Crippen molar-refractivity contribution >= 4 is 29.7 Å². The second kappa shape index (κ2) is 12.5. The number of carboxylic acids is 2. The van der Waals surface area contributed by atoms with Crippen molar-refractivity contribution in [1.82, 2.24) is 10.6 Å². The number of hydrogen-bond acceptors (Lipinski definition) is 7. The van der Waals surface area contributed by atoms with Gasteiger partial charge in [0.15, 0.2) is 12.0 Å². The number of aliphatic hydroxyl groups excluding tert-OH is 1. The molecule has 0 saturated heterocycles. The molecule has 4 unspecified atom stereocenters. The van der Waals surface area contributed by atoms with E-state index in [2.05, 4.69) is 15.6 Å². The predicted octanol–water partition coefficient (Wildman–Crippen LogP) is -3.33. The number of aliphatic hydroxyl groups is 1. The smallest absolute Gasteiger partial charge is 0.328 e. The van der Waals surface area contributed by atoms with Crippen LogP contribution >= 0.6 is 0 Å². The maximum absolute atomic E-state index is 12.4. The standard InChI is InChI=1S/C15H28N6O7/c1-7(22)11(14(27)28)21-13(26)9(3-2-6-19-15(17)18)20-12(25)8(16)4-5-10(23)24/h7-9,11,22H,2-6,16H2,1H3,(H,20,25)(H,21,26)(H,23,24)(H,27,28)(H4,17,18,19). The maximum Gasteiger partial charge on any atom is 0.328 e. The van der Waals surface area contributed by atoms with Crippen LogP contribution < -0.4 is 27.8 Å². The minimum Gasteiger partial charge on any atom is -0.481 e.